The van der Waals surface area contributed by atoms with Gasteiger partial charge in [-0.25, -0.2) is 13.6 Å². The van der Waals surface area contributed by atoms with Gasteiger partial charge in [-0.15, -0.1) is 0 Å². The van der Waals surface area contributed by atoms with E-state index in [9.17, 15) is 18.4 Å². The summed E-state index contributed by atoms with van der Waals surface area (Å²) in [4.78, 5) is 28.1. The molecule has 142 valence electrons. The molecule has 1 N–H and O–H groups in total. The number of benzene rings is 2. The quantitative estimate of drug-likeness (QED) is 0.896. The molecule has 3 amide bonds. The Labute approximate surface area is 155 Å². The van der Waals surface area contributed by atoms with Crippen LogP contribution < -0.4 is 15.0 Å². The zero-order chi connectivity index (χ0) is 19.6. The first-order valence-electron chi connectivity index (χ1n) is 8.39. The molecule has 0 spiro atoms. The van der Waals surface area contributed by atoms with Crippen LogP contribution in [0, 0.1) is 11.6 Å². The highest BCUT2D eigenvalue weighted by molar-refractivity contribution is 6.01. The Kier molecular flexibility index (Phi) is 5.25. The SMILES string of the molecule is COc1ccc(N2CCN(C(=O)Nc3ccc(F)cc3F)[C@H](C)C2=O)cc1. The second-order valence-corrected chi connectivity index (χ2v) is 6.11. The summed E-state index contributed by atoms with van der Waals surface area (Å²) < 4.78 is 31.8. The average Bonchev–Trinajstić information content (AvgIpc) is 2.66. The molecular weight excluding hydrogens is 356 g/mol. The largest absolute Gasteiger partial charge is 0.497 e. The number of ether oxygens (including phenoxy) is 1. The average molecular weight is 375 g/mol. The maximum atomic E-state index is 13.7. The molecule has 1 aliphatic rings. The molecule has 0 bridgehead atoms. The maximum absolute atomic E-state index is 13.7. The Hall–Kier alpha value is -3.16. The molecule has 0 saturated carbocycles. The van der Waals surface area contributed by atoms with Crippen molar-refractivity contribution in [2.75, 3.05) is 30.4 Å². The van der Waals surface area contributed by atoms with Crippen molar-refractivity contribution >= 4 is 23.3 Å². The van der Waals surface area contributed by atoms with Crippen LogP contribution in [0.15, 0.2) is 42.5 Å². The molecule has 1 saturated heterocycles. The van der Waals surface area contributed by atoms with Crippen molar-refractivity contribution in [3.63, 3.8) is 0 Å². The van der Waals surface area contributed by atoms with Gasteiger partial charge >= 0.3 is 6.03 Å². The summed E-state index contributed by atoms with van der Waals surface area (Å²) in [7, 11) is 1.56. The van der Waals surface area contributed by atoms with Gasteiger partial charge in [0.1, 0.15) is 23.4 Å². The van der Waals surface area contributed by atoms with Crippen LogP contribution in [0.2, 0.25) is 0 Å². The van der Waals surface area contributed by atoms with Crippen LogP contribution in [-0.2, 0) is 4.79 Å². The summed E-state index contributed by atoms with van der Waals surface area (Å²) >= 11 is 0. The zero-order valence-electron chi connectivity index (χ0n) is 14.9. The van der Waals surface area contributed by atoms with Gasteiger partial charge < -0.3 is 19.9 Å². The van der Waals surface area contributed by atoms with Crippen LogP contribution in [0.5, 0.6) is 5.75 Å². The molecule has 0 aliphatic carbocycles. The van der Waals surface area contributed by atoms with Gasteiger partial charge in [0.05, 0.1) is 12.8 Å². The van der Waals surface area contributed by atoms with Gasteiger partial charge in [0.25, 0.3) is 0 Å². The highest BCUT2D eigenvalue weighted by atomic mass is 19.1. The lowest BCUT2D eigenvalue weighted by molar-refractivity contribution is -0.123. The third-order valence-corrected chi connectivity index (χ3v) is 4.47. The van der Waals surface area contributed by atoms with E-state index < -0.39 is 23.7 Å². The van der Waals surface area contributed by atoms with E-state index in [4.69, 9.17) is 4.74 Å². The van der Waals surface area contributed by atoms with E-state index in [0.29, 0.717) is 24.0 Å². The summed E-state index contributed by atoms with van der Waals surface area (Å²) in [6.07, 6.45) is 0. The minimum Gasteiger partial charge on any atom is -0.497 e. The van der Waals surface area contributed by atoms with Gasteiger partial charge in [-0.1, -0.05) is 0 Å². The first-order chi connectivity index (χ1) is 12.9. The summed E-state index contributed by atoms with van der Waals surface area (Å²) in [5.41, 5.74) is 0.566. The van der Waals surface area contributed by atoms with Crippen molar-refractivity contribution < 1.29 is 23.1 Å². The van der Waals surface area contributed by atoms with Gasteiger partial charge in [-0.2, -0.15) is 0 Å². The fourth-order valence-electron chi connectivity index (χ4n) is 2.94. The van der Waals surface area contributed by atoms with Crippen LogP contribution in [-0.4, -0.2) is 43.1 Å². The monoisotopic (exact) mass is 375 g/mol. The number of hydrogen-bond donors (Lipinski definition) is 1. The molecule has 1 atom stereocenters. The van der Waals surface area contributed by atoms with E-state index in [0.717, 1.165) is 12.1 Å². The summed E-state index contributed by atoms with van der Waals surface area (Å²) in [6, 6.07) is 8.58. The predicted molar refractivity (Wildman–Crippen MR) is 96.9 cm³/mol. The topological polar surface area (TPSA) is 61.9 Å². The van der Waals surface area contributed by atoms with E-state index in [1.165, 1.54) is 4.90 Å². The van der Waals surface area contributed by atoms with Gasteiger partial charge in [0.15, 0.2) is 0 Å². The molecule has 8 heteroatoms. The highest BCUT2D eigenvalue weighted by Crippen LogP contribution is 2.24. The summed E-state index contributed by atoms with van der Waals surface area (Å²) in [6.45, 7) is 2.18. The zero-order valence-corrected chi connectivity index (χ0v) is 14.9. The Bertz CT molecular complexity index is 858. The second-order valence-electron chi connectivity index (χ2n) is 6.11. The van der Waals surface area contributed by atoms with Gasteiger partial charge in [0, 0.05) is 24.8 Å². The molecule has 1 heterocycles. The third kappa shape index (κ3) is 3.84. The molecule has 6 nitrogen and oxygen atoms in total. The van der Waals surface area contributed by atoms with Crippen molar-refractivity contribution in [3.05, 3.63) is 54.1 Å². The number of anilines is 2. The van der Waals surface area contributed by atoms with Crippen LogP contribution in [0.1, 0.15) is 6.92 Å². The van der Waals surface area contributed by atoms with E-state index in [2.05, 4.69) is 5.32 Å². The molecule has 1 aliphatic heterocycles. The van der Waals surface area contributed by atoms with Gasteiger partial charge in [-0.05, 0) is 43.3 Å². The molecule has 3 rings (SSSR count). The first-order valence-corrected chi connectivity index (χ1v) is 8.39. The van der Waals surface area contributed by atoms with E-state index in [1.807, 2.05) is 0 Å². The normalized spacial score (nSPS) is 17.0. The van der Waals surface area contributed by atoms with Crippen molar-refractivity contribution in [2.24, 2.45) is 0 Å². The lowest BCUT2D eigenvalue weighted by Crippen LogP contribution is -2.58. The number of hydrogen-bond acceptors (Lipinski definition) is 3. The maximum Gasteiger partial charge on any atom is 0.322 e. The Morgan fingerprint density at radius 2 is 1.85 bits per heavy atom. The Balaban J connectivity index is 1.70. The number of rotatable bonds is 3. The van der Waals surface area contributed by atoms with E-state index in [-0.39, 0.29) is 18.1 Å². The standard InChI is InChI=1S/C19H19F2N3O3/c1-12-18(25)24(14-4-6-15(27-2)7-5-14)10-9-23(12)19(26)22-17-8-3-13(20)11-16(17)21/h3-8,11-12H,9-10H2,1-2H3,(H,22,26)/t12-/m1/s1. The number of halogens is 2. The smallest absolute Gasteiger partial charge is 0.322 e. The van der Waals surface area contributed by atoms with Crippen LogP contribution in [0.3, 0.4) is 0 Å². The fraction of sp³-hybridized carbons (Fsp3) is 0.263. The number of carbonyl (C=O) groups excluding carboxylic acids is 2. The second kappa shape index (κ2) is 7.61. The third-order valence-electron chi connectivity index (χ3n) is 4.47. The fourth-order valence-corrected chi connectivity index (χ4v) is 2.94. The molecule has 2 aromatic carbocycles. The number of piperazine rings is 1. The first kappa shape index (κ1) is 18.6. The van der Waals surface area contributed by atoms with Crippen molar-refractivity contribution in [3.8, 4) is 5.75 Å². The van der Waals surface area contributed by atoms with E-state index in [1.54, 1.807) is 43.2 Å². The van der Waals surface area contributed by atoms with Crippen molar-refractivity contribution in [2.45, 2.75) is 13.0 Å². The number of nitrogens with one attached hydrogen (secondary N) is 1. The van der Waals surface area contributed by atoms with E-state index >= 15 is 0 Å². The number of amides is 3. The molecular formula is C19H19F2N3O3. The molecule has 27 heavy (non-hydrogen) atoms. The Morgan fingerprint density at radius 3 is 2.48 bits per heavy atom. The molecule has 0 radical (unpaired) electrons. The Morgan fingerprint density at radius 1 is 1.15 bits per heavy atom. The van der Waals surface area contributed by atoms with Crippen LogP contribution in [0.4, 0.5) is 25.0 Å². The van der Waals surface area contributed by atoms with Crippen LogP contribution in [0.25, 0.3) is 0 Å². The lowest BCUT2D eigenvalue weighted by atomic mass is 10.1. The highest BCUT2D eigenvalue weighted by Gasteiger charge is 2.35. The molecule has 0 aromatic heterocycles. The number of nitrogens with zero attached hydrogens (tertiary/aromatic N) is 2. The van der Waals surface area contributed by atoms with Gasteiger partial charge in [-0.3, -0.25) is 4.79 Å². The molecule has 1 fully saturated rings. The van der Waals surface area contributed by atoms with Gasteiger partial charge in [0.2, 0.25) is 5.91 Å². The van der Waals surface area contributed by atoms with Crippen molar-refractivity contribution in [1.82, 2.24) is 4.90 Å². The number of methoxy groups -OCH3 is 1. The summed E-state index contributed by atoms with van der Waals surface area (Å²) in [5, 5.41) is 2.39. The van der Waals surface area contributed by atoms with Crippen LogP contribution >= 0.6 is 0 Å². The number of urea groups is 1. The minimum absolute atomic E-state index is 0.140. The predicted octanol–water partition coefficient (Wildman–Crippen LogP) is 3.24. The molecule has 0 unspecified atom stereocenters. The molecule has 2 aromatic rings. The lowest BCUT2D eigenvalue weighted by Gasteiger charge is -2.39. The number of carbonyl (C=O) groups is 2. The summed E-state index contributed by atoms with van der Waals surface area (Å²) in [5.74, 6) is -1.18. The minimum atomic E-state index is -0.876. The van der Waals surface area contributed by atoms with Crippen molar-refractivity contribution in [1.29, 1.82) is 0 Å².